The van der Waals surface area contributed by atoms with Gasteiger partial charge in [-0.25, -0.2) is 13.4 Å². The number of aryl methyl sites for hydroxylation is 1. The molecule has 1 N–H and O–H groups in total. The Balaban J connectivity index is 1.35. The van der Waals surface area contributed by atoms with Crippen molar-refractivity contribution in [1.29, 1.82) is 0 Å². The number of hydrogen-bond acceptors (Lipinski definition) is 8. The minimum absolute atomic E-state index is 0.00621. The molecule has 0 radical (unpaired) electrons. The lowest BCUT2D eigenvalue weighted by atomic mass is 10.3. The topological polar surface area (TPSA) is 120 Å². The van der Waals surface area contributed by atoms with Gasteiger partial charge in [-0.15, -0.1) is 11.3 Å². The molecule has 0 saturated carbocycles. The van der Waals surface area contributed by atoms with Gasteiger partial charge in [0.05, 0.1) is 24.9 Å². The summed E-state index contributed by atoms with van der Waals surface area (Å²) in [6.45, 7) is 2.35. The molecule has 37 heavy (non-hydrogen) atoms. The van der Waals surface area contributed by atoms with Crippen LogP contribution in [0.1, 0.15) is 4.88 Å². The molecule has 4 aromatic rings. The monoisotopic (exact) mass is 540 g/mol. The smallest absolute Gasteiger partial charge is 0.263 e. The molecule has 0 spiro atoms. The standard InChI is InChI=1S/C25H24N4O6S2/c1-17-23(37(32,33)29-11-13-34-14-12-29)22-24(36-17)26-16-28(25(22)31)15-21(30)27-18-7-9-20(10-8-18)35-19-5-3-2-4-6-19/h2-10,16H,11-15H2,1H3,(H,27,30). The first-order valence-electron chi connectivity index (χ1n) is 11.5. The summed E-state index contributed by atoms with van der Waals surface area (Å²) >= 11 is 1.14. The number of nitrogens with zero attached hydrogens (tertiary/aromatic N) is 3. The van der Waals surface area contributed by atoms with E-state index in [9.17, 15) is 18.0 Å². The normalized spacial score (nSPS) is 14.5. The molecule has 1 saturated heterocycles. The van der Waals surface area contributed by atoms with Crippen LogP contribution in [0.2, 0.25) is 0 Å². The number of carbonyl (C=O) groups is 1. The quantitative estimate of drug-likeness (QED) is 0.382. The summed E-state index contributed by atoms with van der Waals surface area (Å²) in [7, 11) is -3.92. The summed E-state index contributed by atoms with van der Waals surface area (Å²) in [5.74, 6) is 0.849. The van der Waals surface area contributed by atoms with Crippen LogP contribution < -0.4 is 15.6 Å². The number of morpholine rings is 1. The highest BCUT2D eigenvalue weighted by atomic mass is 32.2. The molecular weight excluding hydrogens is 516 g/mol. The lowest BCUT2D eigenvalue weighted by Gasteiger charge is -2.26. The van der Waals surface area contributed by atoms with Crippen LogP contribution in [0.4, 0.5) is 5.69 Å². The number of para-hydroxylation sites is 1. The van der Waals surface area contributed by atoms with E-state index in [0.29, 0.717) is 40.1 Å². The molecule has 0 atom stereocenters. The van der Waals surface area contributed by atoms with Gasteiger partial charge in [0.2, 0.25) is 15.9 Å². The predicted octanol–water partition coefficient (Wildman–Crippen LogP) is 3.22. The van der Waals surface area contributed by atoms with E-state index in [1.54, 1.807) is 31.2 Å². The third-order valence-corrected chi connectivity index (χ3v) is 9.01. The van der Waals surface area contributed by atoms with Gasteiger partial charge in [-0.2, -0.15) is 4.31 Å². The summed E-state index contributed by atoms with van der Waals surface area (Å²) in [5.41, 5.74) is -0.0580. The molecule has 12 heteroatoms. The zero-order valence-corrected chi connectivity index (χ0v) is 21.5. The Labute approximate surface area is 217 Å². The highest BCUT2D eigenvalue weighted by Crippen LogP contribution is 2.33. The third kappa shape index (κ3) is 5.27. The molecule has 3 heterocycles. The highest BCUT2D eigenvalue weighted by molar-refractivity contribution is 7.89. The van der Waals surface area contributed by atoms with Crippen LogP contribution in [0.15, 0.2) is 70.6 Å². The second-order valence-electron chi connectivity index (χ2n) is 8.35. The van der Waals surface area contributed by atoms with E-state index in [1.807, 2.05) is 30.3 Å². The minimum Gasteiger partial charge on any atom is -0.457 e. The van der Waals surface area contributed by atoms with Gasteiger partial charge in [-0.05, 0) is 43.3 Å². The molecule has 1 fully saturated rings. The van der Waals surface area contributed by atoms with Gasteiger partial charge >= 0.3 is 0 Å². The van der Waals surface area contributed by atoms with Crippen LogP contribution in [0.3, 0.4) is 0 Å². The van der Waals surface area contributed by atoms with Crippen LogP contribution >= 0.6 is 11.3 Å². The number of nitrogens with one attached hydrogen (secondary N) is 1. The van der Waals surface area contributed by atoms with Crippen molar-refractivity contribution < 1.29 is 22.7 Å². The average Bonchev–Trinajstić information content (AvgIpc) is 3.25. The number of carbonyl (C=O) groups excluding carboxylic acids is 1. The van der Waals surface area contributed by atoms with Crippen molar-refractivity contribution in [3.05, 3.63) is 76.2 Å². The first kappa shape index (κ1) is 25.1. The fraction of sp³-hybridized carbons (Fsp3) is 0.240. The molecule has 192 valence electrons. The maximum Gasteiger partial charge on any atom is 0.263 e. The molecular formula is C25H24N4O6S2. The van der Waals surface area contributed by atoms with E-state index in [-0.39, 0.29) is 29.9 Å². The SMILES string of the molecule is Cc1sc2ncn(CC(=O)Nc3ccc(Oc4ccccc4)cc3)c(=O)c2c1S(=O)(=O)N1CCOCC1. The Morgan fingerprint density at radius 2 is 1.76 bits per heavy atom. The number of sulfonamides is 1. The van der Waals surface area contributed by atoms with E-state index in [4.69, 9.17) is 9.47 Å². The summed E-state index contributed by atoms with van der Waals surface area (Å²) in [5, 5.41) is 2.74. The number of thiophene rings is 1. The van der Waals surface area contributed by atoms with Crippen molar-refractivity contribution in [1.82, 2.24) is 13.9 Å². The molecule has 1 amide bonds. The van der Waals surface area contributed by atoms with E-state index in [1.165, 1.54) is 10.6 Å². The van der Waals surface area contributed by atoms with Crippen LogP contribution in [0.25, 0.3) is 10.2 Å². The zero-order chi connectivity index (χ0) is 26.0. The molecule has 2 aromatic carbocycles. The van der Waals surface area contributed by atoms with Crippen LogP contribution in [-0.4, -0.2) is 54.5 Å². The number of aromatic nitrogens is 2. The summed E-state index contributed by atoms with van der Waals surface area (Å²) in [4.78, 5) is 31.1. The number of benzene rings is 2. The van der Waals surface area contributed by atoms with Crippen LogP contribution in [-0.2, 0) is 26.1 Å². The number of anilines is 1. The largest absolute Gasteiger partial charge is 0.457 e. The fourth-order valence-corrected chi connectivity index (χ4v) is 7.11. The molecule has 0 unspecified atom stereocenters. The van der Waals surface area contributed by atoms with Crippen molar-refractivity contribution in [2.45, 2.75) is 18.4 Å². The van der Waals surface area contributed by atoms with Gasteiger partial charge in [0.15, 0.2) is 0 Å². The van der Waals surface area contributed by atoms with E-state index < -0.39 is 21.5 Å². The summed E-state index contributed by atoms with van der Waals surface area (Å²) in [6, 6.07) is 16.1. The second-order valence-corrected chi connectivity index (χ2v) is 11.4. The molecule has 0 bridgehead atoms. The maximum absolute atomic E-state index is 13.4. The number of ether oxygens (including phenoxy) is 2. The summed E-state index contributed by atoms with van der Waals surface area (Å²) < 4.78 is 40.2. The van der Waals surface area contributed by atoms with Crippen LogP contribution in [0, 0.1) is 6.92 Å². The Bertz CT molecular complexity index is 1590. The lowest BCUT2D eigenvalue weighted by molar-refractivity contribution is -0.116. The Morgan fingerprint density at radius 3 is 2.46 bits per heavy atom. The first-order valence-corrected chi connectivity index (χ1v) is 13.8. The number of fused-ring (bicyclic) bond motifs is 1. The Hall–Kier alpha value is -3.58. The highest BCUT2D eigenvalue weighted by Gasteiger charge is 2.32. The number of hydrogen-bond donors (Lipinski definition) is 1. The predicted molar refractivity (Wildman–Crippen MR) is 140 cm³/mol. The van der Waals surface area contributed by atoms with Crippen molar-refractivity contribution in [3.8, 4) is 11.5 Å². The molecule has 2 aromatic heterocycles. The average molecular weight is 541 g/mol. The molecule has 1 aliphatic rings. The van der Waals surface area contributed by atoms with Crippen molar-refractivity contribution in [3.63, 3.8) is 0 Å². The molecule has 10 nitrogen and oxygen atoms in total. The Morgan fingerprint density at radius 1 is 1.08 bits per heavy atom. The van der Waals surface area contributed by atoms with Crippen molar-refractivity contribution in [2.24, 2.45) is 0 Å². The first-order chi connectivity index (χ1) is 17.8. The molecule has 5 rings (SSSR count). The van der Waals surface area contributed by atoms with E-state index in [0.717, 1.165) is 15.9 Å². The lowest BCUT2D eigenvalue weighted by Crippen LogP contribution is -2.41. The molecule has 1 aliphatic heterocycles. The van der Waals surface area contributed by atoms with Gasteiger partial charge in [-0.1, -0.05) is 18.2 Å². The zero-order valence-electron chi connectivity index (χ0n) is 19.9. The van der Waals surface area contributed by atoms with Crippen LogP contribution in [0.5, 0.6) is 11.5 Å². The molecule has 0 aliphatic carbocycles. The van der Waals surface area contributed by atoms with E-state index in [2.05, 4.69) is 10.3 Å². The number of rotatable bonds is 7. The third-order valence-electron chi connectivity index (χ3n) is 5.80. The Kier molecular flexibility index (Phi) is 7.07. The van der Waals surface area contributed by atoms with Gasteiger partial charge < -0.3 is 14.8 Å². The maximum atomic E-state index is 13.4. The minimum atomic E-state index is -3.92. The number of amides is 1. The van der Waals surface area contributed by atoms with Gasteiger partial charge in [0.25, 0.3) is 5.56 Å². The second kappa shape index (κ2) is 10.4. The summed E-state index contributed by atoms with van der Waals surface area (Å²) in [6.07, 6.45) is 1.27. The van der Waals surface area contributed by atoms with Gasteiger partial charge in [-0.3, -0.25) is 14.2 Å². The van der Waals surface area contributed by atoms with Gasteiger partial charge in [0.1, 0.15) is 27.8 Å². The van der Waals surface area contributed by atoms with Crippen molar-refractivity contribution >= 4 is 43.2 Å². The van der Waals surface area contributed by atoms with E-state index >= 15 is 0 Å². The van der Waals surface area contributed by atoms with Crippen molar-refractivity contribution in [2.75, 3.05) is 31.6 Å². The van der Waals surface area contributed by atoms with Gasteiger partial charge in [0, 0.05) is 23.7 Å². The fourth-order valence-electron chi connectivity index (χ4n) is 4.04.